The predicted octanol–water partition coefficient (Wildman–Crippen LogP) is 2.94. The molecule has 0 heterocycles. The molecular formula is C14H21NO. The zero-order chi connectivity index (χ0) is 11.8. The van der Waals surface area contributed by atoms with Crippen molar-refractivity contribution in [1.29, 1.82) is 0 Å². The van der Waals surface area contributed by atoms with Crippen molar-refractivity contribution < 1.29 is 5.11 Å². The lowest BCUT2D eigenvalue weighted by Crippen LogP contribution is -2.22. The van der Waals surface area contributed by atoms with E-state index in [2.05, 4.69) is 19.9 Å². The van der Waals surface area contributed by atoms with Gasteiger partial charge in [-0.05, 0) is 48.8 Å². The maximum Gasteiger partial charge on any atom is 0.118 e. The van der Waals surface area contributed by atoms with Crippen LogP contribution in [0.2, 0.25) is 0 Å². The van der Waals surface area contributed by atoms with Crippen LogP contribution in [0.4, 0.5) is 0 Å². The molecular weight excluding hydrogens is 198 g/mol. The molecule has 16 heavy (non-hydrogen) atoms. The number of benzene rings is 1. The number of aryl methyl sites for hydroxylation is 1. The molecule has 3 N–H and O–H groups in total. The third-order valence-corrected chi connectivity index (χ3v) is 3.55. The highest BCUT2D eigenvalue weighted by Crippen LogP contribution is 2.37. The molecule has 0 spiro atoms. The molecule has 1 aromatic carbocycles. The van der Waals surface area contributed by atoms with E-state index in [1.165, 1.54) is 5.56 Å². The van der Waals surface area contributed by atoms with Crippen molar-refractivity contribution in [3.05, 3.63) is 29.3 Å². The average molecular weight is 219 g/mol. The second-order valence-corrected chi connectivity index (χ2v) is 5.41. The molecule has 2 heteroatoms. The molecule has 1 fully saturated rings. The molecule has 0 amide bonds. The van der Waals surface area contributed by atoms with Gasteiger partial charge in [-0.2, -0.15) is 0 Å². The molecule has 1 saturated carbocycles. The van der Waals surface area contributed by atoms with E-state index in [1.54, 1.807) is 6.07 Å². The number of rotatable bonds is 4. The number of phenols is 1. The first-order chi connectivity index (χ1) is 7.50. The summed E-state index contributed by atoms with van der Waals surface area (Å²) in [6.07, 6.45) is 4.15. The van der Waals surface area contributed by atoms with Crippen LogP contribution in [0, 0.1) is 0 Å². The Kier molecular flexibility index (Phi) is 2.94. The minimum absolute atomic E-state index is 0.0697. The van der Waals surface area contributed by atoms with Crippen LogP contribution in [0.5, 0.6) is 5.75 Å². The van der Waals surface area contributed by atoms with E-state index < -0.39 is 0 Å². The second kappa shape index (κ2) is 4.10. The molecule has 0 aliphatic heterocycles. The number of nitrogens with two attached hydrogens (primary N) is 1. The molecule has 1 aliphatic rings. The summed E-state index contributed by atoms with van der Waals surface area (Å²) in [6.45, 7) is 4.34. The van der Waals surface area contributed by atoms with Crippen LogP contribution in [0.25, 0.3) is 0 Å². The van der Waals surface area contributed by atoms with E-state index in [0.29, 0.717) is 11.7 Å². The van der Waals surface area contributed by atoms with Crippen molar-refractivity contribution in [3.63, 3.8) is 0 Å². The molecule has 0 aromatic heterocycles. The molecule has 0 bridgehead atoms. The van der Waals surface area contributed by atoms with Crippen molar-refractivity contribution in [3.8, 4) is 5.75 Å². The van der Waals surface area contributed by atoms with E-state index in [-0.39, 0.29) is 5.54 Å². The summed E-state index contributed by atoms with van der Waals surface area (Å²) in [6, 6.07) is 5.92. The Morgan fingerprint density at radius 2 is 2.06 bits per heavy atom. The van der Waals surface area contributed by atoms with Crippen LogP contribution in [0.1, 0.15) is 50.2 Å². The minimum atomic E-state index is 0.0697. The lowest BCUT2D eigenvalue weighted by Gasteiger charge is -2.12. The van der Waals surface area contributed by atoms with Crippen LogP contribution >= 0.6 is 0 Å². The smallest absolute Gasteiger partial charge is 0.118 e. The second-order valence-electron chi connectivity index (χ2n) is 5.41. The first-order valence-corrected chi connectivity index (χ1v) is 6.11. The maximum absolute atomic E-state index is 9.79. The normalized spacial score (nSPS) is 17.8. The lowest BCUT2D eigenvalue weighted by atomic mass is 9.97. The Balaban J connectivity index is 2.09. The molecule has 0 radical (unpaired) electrons. The summed E-state index contributed by atoms with van der Waals surface area (Å²) >= 11 is 0. The van der Waals surface area contributed by atoms with E-state index in [4.69, 9.17) is 5.73 Å². The zero-order valence-electron chi connectivity index (χ0n) is 10.2. The van der Waals surface area contributed by atoms with Gasteiger partial charge in [-0.3, -0.25) is 0 Å². The van der Waals surface area contributed by atoms with E-state index >= 15 is 0 Å². The van der Waals surface area contributed by atoms with Gasteiger partial charge >= 0.3 is 0 Å². The Labute approximate surface area is 97.5 Å². The topological polar surface area (TPSA) is 46.2 Å². The Bertz CT molecular complexity index is 380. The largest absolute Gasteiger partial charge is 0.508 e. The fraction of sp³-hybridized carbons (Fsp3) is 0.571. The van der Waals surface area contributed by atoms with Crippen LogP contribution < -0.4 is 5.73 Å². The highest BCUT2D eigenvalue weighted by molar-refractivity contribution is 5.37. The van der Waals surface area contributed by atoms with Gasteiger partial charge in [0.05, 0.1) is 0 Å². The summed E-state index contributed by atoms with van der Waals surface area (Å²) in [7, 11) is 0. The average Bonchev–Trinajstić information content (AvgIpc) is 2.95. The molecule has 2 rings (SSSR count). The molecule has 2 nitrogen and oxygen atoms in total. The van der Waals surface area contributed by atoms with E-state index in [0.717, 1.165) is 31.2 Å². The Hall–Kier alpha value is -1.02. The molecule has 88 valence electrons. The molecule has 0 saturated heterocycles. The fourth-order valence-corrected chi connectivity index (χ4v) is 1.96. The van der Waals surface area contributed by atoms with Crippen molar-refractivity contribution >= 4 is 0 Å². The summed E-state index contributed by atoms with van der Waals surface area (Å²) in [5, 5.41) is 9.79. The number of aromatic hydroxyl groups is 1. The van der Waals surface area contributed by atoms with Gasteiger partial charge in [-0.15, -0.1) is 0 Å². The van der Waals surface area contributed by atoms with Gasteiger partial charge in [0, 0.05) is 5.54 Å². The molecule has 1 aromatic rings. The lowest BCUT2D eigenvalue weighted by molar-refractivity contribution is 0.464. The predicted molar refractivity (Wildman–Crippen MR) is 66.7 cm³/mol. The van der Waals surface area contributed by atoms with Crippen LogP contribution in [-0.2, 0) is 6.42 Å². The highest BCUT2D eigenvalue weighted by Gasteiger charge is 2.37. The number of hydrogen-bond donors (Lipinski definition) is 2. The van der Waals surface area contributed by atoms with Crippen LogP contribution in [-0.4, -0.2) is 10.6 Å². The van der Waals surface area contributed by atoms with Gasteiger partial charge in [0.15, 0.2) is 0 Å². The summed E-state index contributed by atoms with van der Waals surface area (Å²) < 4.78 is 0. The van der Waals surface area contributed by atoms with E-state index in [9.17, 15) is 5.11 Å². The number of phenolic OH excluding ortho intramolecular Hbond substituents is 1. The summed E-state index contributed by atoms with van der Waals surface area (Å²) in [5.41, 5.74) is 8.46. The van der Waals surface area contributed by atoms with Crippen LogP contribution in [0.15, 0.2) is 18.2 Å². The minimum Gasteiger partial charge on any atom is -0.508 e. The monoisotopic (exact) mass is 219 g/mol. The standard InChI is InChI=1S/C14H21NO/c1-10(2)11-3-4-13(16)12(9-11)5-6-14(15)7-8-14/h3-4,9-10,16H,5-8,15H2,1-2H3. The van der Waals surface area contributed by atoms with Gasteiger partial charge in [0.1, 0.15) is 5.75 Å². The van der Waals surface area contributed by atoms with Gasteiger partial charge in [0.2, 0.25) is 0 Å². The third kappa shape index (κ3) is 2.56. The third-order valence-electron chi connectivity index (χ3n) is 3.55. The molecule has 0 unspecified atom stereocenters. The Morgan fingerprint density at radius 3 is 2.62 bits per heavy atom. The first kappa shape index (κ1) is 11.5. The Morgan fingerprint density at radius 1 is 1.38 bits per heavy atom. The van der Waals surface area contributed by atoms with Gasteiger partial charge < -0.3 is 10.8 Å². The number of hydrogen-bond acceptors (Lipinski definition) is 2. The van der Waals surface area contributed by atoms with Gasteiger partial charge in [-0.25, -0.2) is 0 Å². The molecule has 1 aliphatic carbocycles. The van der Waals surface area contributed by atoms with Crippen molar-refractivity contribution in [2.45, 2.75) is 51.0 Å². The van der Waals surface area contributed by atoms with Crippen LogP contribution in [0.3, 0.4) is 0 Å². The summed E-state index contributed by atoms with van der Waals surface area (Å²) in [5.74, 6) is 0.917. The van der Waals surface area contributed by atoms with Gasteiger partial charge in [0.25, 0.3) is 0 Å². The van der Waals surface area contributed by atoms with Gasteiger partial charge in [-0.1, -0.05) is 26.0 Å². The van der Waals surface area contributed by atoms with Crippen molar-refractivity contribution in [1.82, 2.24) is 0 Å². The molecule has 0 atom stereocenters. The van der Waals surface area contributed by atoms with Crippen molar-refractivity contribution in [2.75, 3.05) is 0 Å². The maximum atomic E-state index is 9.79. The SMILES string of the molecule is CC(C)c1ccc(O)c(CCC2(N)CC2)c1. The quantitative estimate of drug-likeness (QED) is 0.818. The first-order valence-electron chi connectivity index (χ1n) is 6.11. The fourth-order valence-electron chi connectivity index (χ4n) is 1.96. The zero-order valence-corrected chi connectivity index (χ0v) is 10.2. The highest BCUT2D eigenvalue weighted by atomic mass is 16.3. The van der Waals surface area contributed by atoms with E-state index in [1.807, 2.05) is 6.07 Å². The summed E-state index contributed by atoms with van der Waals surface area (Å²) in [4.78, 5) is 0. The van der Waals surface area contributed by atoms with Crippen molar-refractivity contribution in [2.24, 2.45) is 5.73 Å².